The predicted octanol–water partition coefficient (Wildman–Crippen LogP) is 2.75. The summed E-state index contributed by atoms with van der Waals surface area (Å²) in [5, 5.41) is 7.50. The molecule has 0 atom stereocenters. The molecule has 0 fully saturated rings. The van der Waals surface area contributed by atoms with Crippen LogP contribution < -0.4 is 5.32 Å². The zero-order valence-corrected chi connectivity index (χ0v) is 12.4. The van der Waals surface area contributed by atoms with Gasteiger partial charge in [0.15, 0.2) is 0 Å². The number of anilines is 1. The number of nitrogens with one attached hydrogen (secondary N) is 1. The van der Waals surface area contributed by atoms with Crippen LogP contribution in [0.5, 0.6) is 0 Å². The Balaban J connectivity index is 1.73. The minimum atomic E-state index is -0.0858. The van der Waals surface area contributed by atoms with Gasteiger partial charge >= 0.3 is 0 Å². The van der Waals surface area contributed by atoms with Gasteiger partial charge in [0.25, 0.3) is 0 Å². The number of aryl methyl sites for hydroxylation is 1. The Morgan fingerprint density at radius 1 is 1.27 bits per heavy atom. The van der Waals surface area contributed by atoms with Crippen molar-refractivity contribution in [1.82, 2.24) is 19.3 Å². The normalized spacial score (nSPS) is 10.6. The van der Waals surface area contributed by atoms with E-state index in [1.165, 1.54) is 6.33 Å². The lowest BCUT2D eigenvalue weighted by Gasteiger charge is -2.11. The zero-order valence-electron chi connectivity index (χ0n) is 11.7. The first-order valence-corrected chi connectivity index (χ1v) is 7.15. The molecule has 0 aliphatic carbocycles. The number of carbonyl (C=O) groups excluding carboxylic acids is 1. The van der Waals surface area contributed by atoms with Crippen molar-refractivity contribution in [1.29, 1.82) is 0 Å². The summed E-state index contributed by atoms with van der Waals surface area (Å²) in [6, 6.07) is 9.09. The van der Waals surface area contributed by atoms with Gasteiger partial charge in [-0.2, -0.15) is 5.10 Å². The number of benzene rings is 1. The Bertz CT molecular complexity index is 752. The highest BCUT2D eigenvalue weighted by Gasteiger charge is 2.10. The van der Waals surface area contributed by atoms with Crippen LogP contribution in [0.2, 0.25) is 5.02 Å². The average Bonchev–Trinajstić information content (AvgIpc) is 3.19. The van der Waals surface area contributed by atoms with Crippen LogP contribution in [-0.2, 0) is 11.3 Å². The number of hydrogen-bond acceptors (Lipinski definition) is 3. The molecule has 0 saturated carbocycles. The van der Waals surface area contributed by atoms with Gasteiger partial charge in [-0.25, -0.2) is 9.67 Å². The number of aromatic nitrogens is 4. The molecule has 0 spiro atoms. The summed E-state index contributed by atoms with van der Waals surface area (Å²) < 4.78 is 3.54. The Morgan fingerprint density at radius 2 is 2.09 bits per heavy atom. The van der Waals surface area contributed by atoms with Crippen LogP contribution in [0, 0.1) is 0 Å². The maximum absolute atomic E-state index is 12.1. The van der Waals surface area contributed by atoms with Gasteiger partial charge in [-0.3, -0.25) is 4.79 Å². The molecular weight excluding hydrogens is 302 g/mol. The fourth-order valence-corrected chi connectivity index (χ4v) is 2.28. The summed E-state index contributed by atoms with van der Waals surface area (Å²) in [5.74, 6) is -0.0858. The van der Waals surface area contributed by atoms with E-state index in [1.807, 2.05) is 29.1 Å². The fraction of sp³-hybridized carbons (Fsp3) is 0.133. The van der Waals surface area contributed by atoms with Crippen LogP contribution in [-0.4, -0.2) is 25.2 Å². The van der Waals surface area contributed by atoms with Crippen molar-refractivity contribution in [3.05, 3.63) is 60.4 Å². The summed E-state index contributed by atoms with van der Waals surface area (Å²) in [7, 11) is 0. The highest BCUT2D eigenvalue weighted by atomic mass is 35.5. The molecule has 1 amide bonds. The van der Waals surface area contributed by atoms with Crippen LogP contribution in [0.3, 0.4) is 0 Å². The van der Waals surface area contributed by atoms with E-state index in [4.69, 9.17) is 11.6 Å². The molecule has 112 valence electrons. The summed E-state index contributed by atoms with van der Waals surface area (Å²) >= 11 is 6.02. The van der Waals surface area contributed by atoms with Gasteiger partial charge in [0.05, 0.1) is 11.4 Å². The van der Waals surface area contributed by atoms with E-state index in [0.29, 0.717) is 23.7 Å². The highest BCUT2D eigenvalue weighted by Crippen LogP contribution is 2.24. The number of rotatable bonds is 5. The minimum absolute atomic E-state index is 0.0858. The molecule has 0 saturated heterocycles. The van der Waals surface area contributed by atoms with Gasteiger partial charge in [-0.15, -0.1) is 0 Å². The zero-order chi connectivity index (χ0) is 15.4. The van der Waals surface area contributed by atoms with Crippen LogP contribution in [0.25, 0.3) is 5.69 Å². The maximum atomic E-state index is 12.1. The Labute approximate surface area is 132 Å². The second-order valence-corrected chi connectivity index (χ2v) is 5.16. The van der Waals surface area contributed by atoms with Crippen LogP contribution in [0.1, 0.15) is 6.42 Å². The Hall–Kier alpha value is -2.60. The molecule has 3 rings (SSSR count). The van der Waals surface area contributed by atoms with E-state index in [2.05, 4.69) is 15.4 Å². The van der Waals surface area contributed by atoms with E-state index >= 15 is 0 Å². The molecule has 3 aromatic rings. The standard InChI is InChI=1S/C15H14ClN5O/c16-12-3-4-14(21-11-17-10-18-21)13(9-12)19-15(22)5-8-20-6-1-2-7-20/h1-4,6-7,9-11H,5,8H2,(H,19,22). The van der Waals surface area contributed by atoms with Gasteiger partial charge in [0, 0.05) is 30.4 Å². The van der Waals surface area contributed by atoms with Crippen LogP contribution in [0.4, 0.5) is 5.69 Å². The second kappa shape index (κ2) is 6.44. The Kier molecular flexibility index (Phi) is 4.20. The maximum Gasteiger partial charge on any atom is 0.226 e. The molecule has 22 heavy (non-hydrogen) atoms. The third-order valence-electron chi connectivity index (χ3n) is 3.16. The smallest absolute Gasteiger partial charge is 0.226 e. The molecule has 2 aromatic heterocycles. The lowest BCUT2D eigenvalue weighted by atomic mass is 10.2. The number of halogens is 1. The summed E-state index contributed by atoms with van der Waals surface area (Å²) in [4.78, 5) is 16.0. The van der Waals surface area contributed by atoms with Crippen LogP contribution in [0.15, 0.2) is 55.4 Å². The lowest BCUT2D eigenvalue weighted by Crippen LogP contribution is -2.15. The van der Waals surface area contributed by atoms with E-state index in [9.17, 15) is 4.79 Å². The lowest BCUT2D eigenvalue weighted by molar-refractivity contribution is -0.116. The molecule has 1 aromatic carbocycles. The van der Waals surface area contributed by atoms with Crippen molar-refractivity contribution in [3.63, 3.8) is 0 Å². The first kappa shape index (κ1) is 14.3. The fourth-order valence-electron chi connectivity index (χ4n) is 2.10. The van der Waals surface area contributed by atoms with Gasteiger partial charge in [0.1, 0.15) is 12.7 Å². The number of nitrogens with zero attached hydrogens (tertiary/aromatic N) is 4. The molecule has 0 radical (unpaired) electrons. The molecule has 2 heterocycles. The van der Waals surface area contributed by atoms with E-state index in [-0.39, 0.29) is 5.91 Å². The number of hydrogen-bond donors (Lipinski definition) is 1. The SMILES string of the molecule is O=C(CCn1cccc1)Nc1cc(Cl)ccc1-n1cncn1. The van der Waals surface area contributed by atoms with Crippen LogP contribution >= 0.6 is 11.6 Å². The predicted molar refractivity (Wildman–Crippen MR) is 84.0 cm³/mol. The molecule has 0 aliphatic rings. The third-order valence-corrected chi connectivity index (χ3v) is 3.40. The van der Waals surface area contributed by atoms with Crippen molar-refractivity contribution >= 4 is 23.2 Å². The average molecular weight is 316 g/mol. The third kappa shape index (κ3) is 3.35. The van der Waals surface area contributed by atoms with E-state index in [0.717, 1.165) is 5.69 Å². The molecule has 6 nitrogen and oxygen atoms in total. The van der Waals surface area contributed by atoms with Gasteiger partial charge < -0.3 is 9.88 Å². The van der Waals surface area contributed by atoms with Crippen molar-refractivity contribution in [2.45, 2.75) is 13.0 Å². The molecule has 1 N–H and O–H groups in total. The van der Waals surface area contributed by atoms with E-state index in [1.54, 1.807) is 29.2 Å². The van der Waals surface area contributed by atoms with Crippen molar-refractivity contribution in [3.8, 4) is 5.69 Å². The van der Waals surface area contributed by atoms with Gasteiger partial charge in [-0.05, 0) is 30.3 Å². The second-order valence-electron chi connectivity index (χ2n) is 4.72. The number of carbonyl (C=O) groups is 1. The summed E-state index contributed by atoms with van der Waals surface area (Å²) in [6.45, 7) is 0.623. The first-order chi connectivity index (χ1) is 10.7. The van der Waals surface area contributed by atoms with E-state index < -0.39 is 0 Å². The minimum Gasteiger partial charge on any atom is -0.354 e. The summed E-state index contributed by atoms with van der Waals surface area (Å²) in [5.41, 5.74) is 1.33. The first-order valence-electron chi connectivity index (χ1n) is 6.77. The Morgan fingerprint density at radius 3 is 2.82 bits per heavy atom. The quantitative estimate of drug-likeness (QED) is 0.787. The highest BCUT2D eigenvalue weighted by molar-refractivity contribution is 6.31. The molecule has 7 heteroatoms. The topological polar surface area (TPSA) is 64.7 Å². The van der Waals surface area contributed by atoms with Crippen molar-refractivity contribution in [2.24, 2.45) is 0 Å². The van der Waals surface area contributed by atoms with Gasteiger partial charge in [-0.1, -0.05) is 11.6 Å². The largest absolute Gasteiger partial charge is 0.354 e. The molecule has 0 aliphatic heterocycles. The van der Waals surface area contributed by atoms with Gasteiger partial charge in [0.2, 0.25) is 5.91 Å². The van der Waals surface area contributed by atoms with Crippen molar-refractivity contribution < 1.29 is 4.79 Å². The molecular formula is C15H14ClN5O. The molecule has 0 bridgehead atoms. The monoisotopic (exact) mass is 315 g/mol. The summed E-state index contributed by atoms with van der Waals surface area (Å²) in [6.07, 6.45) is 7.23. The number of amides is 1. The molecule has 0 unspecified atom stereocenters. The van der Waals surface area contributed by atoms with Crippen molar-refractivity contribution in [2.75, 3.05) is 5.32 Å².